The van der Waals surface area contributed by atoms with Gasteiger partial charge in [-0.1, -0.05) is 22.9 Å². The maximum atomic E-state index is 5.34. The van der Waals surface area contributed by atoms with Gasteiger partial charge in [-0.3, -0.25) is 0 Å². The van der Waals surface area contributed by atoms with E-state index in [1.54, 1.807) is 0 Å². The first-order valence-electron chi connectivity index (χ1n) is 5.18. The summed E-state index contributed by atoms with van der Waals surface area (Å²) >= 11 is 3.71. The molecule has 13 heavy (non-hydrogen) atoms. The first kappa shape index (κ1) is 11.5. The molecule has 0 amide bonds. The van der Waals surface area contributed by atoms with Crippen molar-refractivity contribution in [3.8, 4) is 0 Å². The number of hydrogen-bond acceptors (Lipinski definition) is 2. The summed E-state index contributed by atoms with van der Waals surface area (Å²) in [6.07, 6.45) is 1.27. The van der Waals surface area contributed by atoms with Crippen LogP contribution < -0.4 is 0 Å². The largest absolute Gasteiger partial charge is 0.380 e. The maximum absolute atomic E-state index is 5.34. The fourth-order valence-corrected chi connectivity index (χ4v) is 2.12. The molecule has 0 spiro atoms. The standard InChI is InChI=1S/C10H20BrNO/c1-3-13-7-6-12-5-4-10(11)9(2)8-12/h9-10H,3-8H2,1-2H3. The number of hydrogen-bond donors (Lipinski definition) is 0. The van der Waals surface area contributed by atoms with Crippen LogP contribution in [0.15, 0.2) is 0 Å². The summed E-state index contributed by atoms with van der Waals surface area (Å²) in [5, 5.41) is 0. The Balaban J connectivity index is 2.14. The summed E-state index contributed by atoms with van der Waals surface area (Å²) in [7, 11) is 0. The van der Waals surface area contributed by atoms with Crippen molar-refractivity contribution in [1.82, 2.24) is 4.90 Å². The molecule has 0 aliphatic carbocycles. The van der Waals surface area contributed by atoms with E-state index in [0.717, 1.165) is 30.5 Å². The number of halogens is 1. The molecule has 0 aromatic carbocycles. The van der Waals surface area contributed by atoms with E-state index in [4.69, 9.17) is 4.74 Å². The first-order chi connectivity index (χ1) is 6.24. The van der Waals surface area contributed by atoms with Crippen LogP contribution in [0.4, 0.5) is 0 Å². The summed E-state index contributed by atoms with van der Waals surface area (Å²) in [6.45, 7) is 9.61. The number of nitrogens with zero attached hydrogens (tertiary/aromatic N) is 1. The molecule has 1 rings (SSSR count). The van der Waals surface area contributed by atoms with E-state index in [2.05, 4.69) is 27.8 Å². The molecule has 1 saturated heterocycles. The highest BCUT2D eigenvalue weighted by atomic mass is 79.9. The van der Waals surface area contributed by atoms with Gasteiger partial charge < -0.3 is 9.64 Å². The van der Waals surface area contributed by atoms with E-state index in [0.29, 0.717) is 0 Å². The Hall–Kier alpha value is 0.400. The minimum absolute atomic E-state index is 0.718. The highest BCUT2D eigenvalue weighted by Gasteiger charge is 2.23. The lowest BCUT2D eigenvalue weighted by atomic mass is 10.0. The van der Waals surface area contributed by atoms with Gasteiger partial charge in [0, 0.05) is 24.5 Å². The molecule has 2 unspecified atom stereocenters. The first-order valence-corrected chi connectivity index (χ1v) is 6.09. The van der Waals surface area contributed by atoms with E-state index in [-0.39, 0.29) is 0 Å². The maximum Gasteiger partial charge on any atom is 0.0593 e. The Morgan fingerprint density at radius 2 is 2.31 bits per heavy atom. The Morgan fingerprint density at radius 1 is 1.54 bits per heavy atom. The third kappa shape index (κ3) is 3.96. The Bertz CT molecular complexity index is 143. The fraction of sp³-hybridized carbons (Fsp3) is 1.00. The van der Waals surface area contributed by atoms with Crippen molar-refractivity contribution >= 4 is 15.9 Å². The van der Waals surface area contributed by atoms with Crippen molar-refractivity contribution < 1.29 is 4.74 Å². The van der Waals surface area contributed by atoms with Gasteiger partial charge in [-0.2, -0.15) is 0 Å². The average Bonchev–Trinajstić information content (AvgIpc) is 2.12. The van der Waals surface area contributed by atoms with Crippen molar-refractivity contribution in [2.24, 2.45) is 5.92 Å². The lowest BCUT2D eigenvalue weighted by Gasteiger charge is -2.34. The molecule has 1 heterocycles. The van der Waals surface area contributed by atoms with Crippen molar-refractivity contribution in [3.05, 3.63) is 0 Å². The molecule has 0 aromatic heterocycles. The van der Waals surface area contributed by atoms with Gasteiger partial charge in [-0.15, -0.1) is 0 Å². The van der Waals surface area contributed by atoms with Crippen molar-refractivity contribution in [1.29, 1.82) is 0 Å². The lowest BCUT2D eigenvalue weighted by Crippen LogP contribution is -2.41. The number of alkyl halides is 1. The number of ether oxygens (including phenoxy) is 1. The van der Waals surface area contributed by atoms with Crippen LogP contribution in [0.2, 0.25) is 0 Å². The fourth-order valence-electron chi connectivity index (χ4n) is 1.74. The van der Waals surface area contributed by atoms with E-state index in [1.165, 1.54) is 19.5 Å². The van der Waals surface area contributed by atoms with Crippen LogP contribution in [0.1, 0.15) is 20.3 Å². The Morgan fingerprint density at radius 3 is 2.92 bits per heavy atom. The molecule has 0 bridgehead atoms. The smallest absolute Gasteiger partial charge is 0.0593 e. The zero-order chi connectivity index (χ0) is 9.68. The normalized spacial score (nSPS) is 30.7. The highest BCUT2D eigenvalue weighted by Crippen LogP contribution is 2.22. The van der Waals surface area contributed by atoms with Crippen LogP contribution in [0.3, 0.4) is 0 Å². The van der Waals surface area contributed by atoms with Crippen molar-refractivity contribution in [2.45, 2.75) is 25.1 Å². The monoisotopic (exact) mass is 249 g/mol. The van der Waals surface area contributed by atoms with E-state index in [9.17, 15) is 0 Å². The van der Waals surface area contributed by atoms with Gasteiger partial charge >= 0.3 is 0 Å². The van der Waals surface area contributed by atoms with Gasteiger partial charge in [0.05, 0.1) is 6.61 Å². The second-order valence-corrected chi connectivity index (χ2v) is 4.96. The third-order valence-electron chi connectivity index (χ3n) is 2.64. The number of likely N-dealkylation sites (tertiary alicyclic amines) is 1. The van der Waals surface area contributed by atoms with Crippen LogP contribution in [0.25, 0.3) is 0 Å². The minimum atomic E-state index is 0.718. The quantitative estimate of drug-likeness (QED) is 0.560. The van der Waals surface area contributed by atoms with Gasteiger partial charge in [0.15, 0.2) is 0 Å². The second kappa shape index (κ2) is 5.99. The summed E-state index contributed by atoms with van der Waals surface area (Å²) in [4.78, 5) is 3.22. The molecule has 2 nitrogen and oxygen atoms in total. The zero-order valence-electron chi connectivity index (χ0n) is 8.63. The number of rotatable bonds is 4. The highest BCUT2D eigenvalue weighted by molar-refractivity contribution is 9.09. The molecule has 1 aliphatic heterocycles. The van der Waals surface area contributed by atoms with E-state index >= 15 is 0 Å². The molecule has 1 fully saturated rings. The van der Waals surface area contributed by atoms with Gasteiger partial charge in [0.1, 0.15) is 0 Å². The summed E-state index contributed by atoms with van der Waals surface area (Å²) in [6, 6.07) is 0. The van der Waals surface area contributed by atoms with Crippen LogP contribution in [0, 0.1) is 5.92 Å². The third-order valence-corrected chi connectivity index (χ3v) is 4.00. The van der Waals surface area contributed by atoms with Crippen LogP contribution >= 0.6 is 15.9 Å². The zero-order valence-corrected chi connectivity index (χ0v) is 10.2. The Labute approximate surface area is 89.8 Å². The Kier molecular flexibility index (Phi) is 5.29. The molecule has 78 valence electrons. The SMILES string of the molecule is CCOCCN1CCC(Br)C(C)C1. The van der Waals surface area contributed by atoms with Crippen molar-refractivity contribution in [3.63, 3.8) is 0 Å². The molecule has 0 N–H and O–H groups in total. The molecule has 1 aliphatic rings. The summed E-state index contributed by atoms with van der Waals surface area (Å²) < 4.78 is 5.34. The van der Waals surface area contributed by atoms with Crippen LogP contribution in [-0.2, 0) is 4.74 Å². The lowest BCUT2D eigenvalue weighted by molar-refractivity contribution is 0.0963. The van der Waals surface area contributed by atoms with Crippen LogP contribution in [-0.4, -0.2) is 42.6 Å². The molecular weight excluding hydrogens is 230 g/mol. The summed E-state index contributed by atoms with van der Waals surface area (Å²) in [5.74, 6) is 0.773. The van der Waals surface area contributed by atoms with Gasteiger partial charge in [0.2, 0.25) is 0 Å². The molecular formula is C10H20BrNO. The van der Waals surface area contributed by atoms with E-state index in [1.807, 2.05) is 6.92 Å². The van der Waals surface area contributed by atoms with E-state index < -0.39 is 0 Å². The molecule has 3 heteroatoms. The van der Waals surface area contributed by atoms with Crippen LogP contribution in [0.5, 0.6) is 0 Å². The predicted octanol–water partition coefficient (Wildman–Crippen LogP) is 2.13. The predicted molar refractivity (Wildman–Crippen MR) is 59.4 cm³/mol. The van der Waals surface area contributed by atoms with Gasteiger partial charge in [-0.05, 0) is 25.8 Å². The molecule has 0 aromatic rings. The van der Waals surface area contributed by atoms with Gasteiger partial charge in [-0.25, -0.2) is 0 Å². The van der Waals surface area contributed by atoms with Crippen molar-refractivity contribution in [2.75, 3.05) is 32.8 Å². The topological polar surface area (TPSA) is 12.5 Å². The molecule has 0 radical (unpaired) electrons. The number of piperidine rings is 1. The second-order valence-electron chi connectivity index (χ2n) is 3.78. The molecule has 2 atom stereocenters. The molecule has 0 saturated carbocycles. The minimum Gasteiger partial charge on any atom is -0.380 e. The summed E-state index contributed by atoms with van der Waals surface area (Å²) in [5.41, 5.74) is 0. The van der Waals surface area contributed by atoms with Gasteiger partial charge in [0.25, 0.3) is 0 Å². The average molecular weight is 250 g/mol.